The number of rotatable bonds is 10. The summed E-state index contributed by atoms with van der Waals surface area (Å²) in [6.07, 6.45) is -0.125. The van der Waals surface area contributed by atoms with E-state index in [1.807, 2.05) is 25.1 Å². The molecule has 4 rings (SSSR count). The van der Waals surface area contributed by atoms with Gasteiger partial charge < -0.3 is 20.1 Å². The first-order chi connectivity index (χ1) is 18.3. The Balaban J connectivity index is 1.56. The van der Waals surface area contributed by atoms with Gasteiger partial charge in [-0.2, -0.15) is 0 Å². The Morgan fingerprint density at radius 2 is 1.47 bits per heavy atom. The van der Waals surface area contributed by atoms with Gasteiger partial charge in [0.15, 0.2) is 0 Å². The molecule has 4 amide bonds. The van der Waals surface area contributed by atoms with Crippen molar-refractivity contribution in [3.05, 3.63) is 47.5 Å². The average Bonchev–Trinajstić information content (AvgIpc) is 3.38. The number of ether oxygens (including phenoxy) is 2. The highest BCUT2D eigenvalue weighted by molar-refractivity contribution is 6.01. The van der Waals surface area contributed by atoms with E-state index in [4.69, 9.17) is 14.3 Å². The molecule has 1 saturated heterocycles. The molecule has 38 heavy (non-hydrogen) atoms. The number of anilines is 2. The molecule has 0 aromatic heterocycles. The number of amides is 4. The van der Waals surface area contributed by atoms with Crippen molar-refractivity contribution in [2.75, 3.05) is 30.5 Å². The number of hydroxylamine groups is 2. The van der Waals surface area contributed by atoms with Crippen LogP contribution in [0.5, 0.6) is 0 Å². The lowest BCUT2D eigenvalue weighted by Crippen LogP contribution is -2.32. The van der Waals surface area contributed by atoms with Crippen LogP contribution < -0.4 is 10.6 Å². The van der Waals surface area contributed by atoms with Crippen LogP contribution in [0.2, 0.25) is 0 Å². The van der Waals surface area contributed by atoms with Gasteiger partial charge in [-0.3, -0.25) is 24.0 Å². The van der Waals surface area contributed by atoms with Crippen LogP contribution in [-0.4, -0.2) is 54.7 Å². The summed E-state index contributed by atoms with van der Waals surface area (Å²) in [7, 11) is 0. The fourth-order valence-corrected chi connectivity index (χ4v) is 4.36. The van der Waals surface area contributed by atoms with E-state index < -0.39 is 23.9 Å². The fourth-order valence-electron chi connectivity index (χ4n) is 4.36. The van der Waals surface area contributed by atoms with Gasteiger partial charge in [-0.1, -0.05) is 31.0 Å². The zero-order valence-corrected chi connectivity index (χ0v) is 21.2. The van der Waals surface area contributed by atoms with Gasteiger partial charge in [-0.25, -0.2) is 4.79 Å². The van der Waals surface area contributed by atoms with Crippen LogP contribution in [0, 0.1) is 0 Å². The van der Waals surface area contributed by atoms with E-state index >= 15 is 0 Å². The Bertz CT molecular complexity index is 1260. The Morgan fingerprint density at radius 3 is 2.03 bits per heavy atom. The summed E-state index contributed by atoms with van der Waals surface area (Å²) in [5.74, 6) is -2.13. The molecule has 2 aromatic carbocycles. The van der Waals surface area contributed by atoms with Gasteiger partial charge in [0.1, 0.15) is 13.2 Å². The smallest absolute Gasteiger partial charge is 0.432 e. The molecule has 1 heterocycles. The molecule has 200 valence electrons. The van der Waals surface area contributed by atoms with Crippen LogP contribution in [0.15, 0.2) is 36.4 Å². The SMILES string of the molecule is CCCOCC(=O)Nc1ccc2c(c1)C(COC(=O)ON1C(=O)CCC1=O)c1cc(NC(=O)CC)ccc1-2. The minimum absolute atomic E-state index is 0.0280. The number of nitrogens with one attached hydrogen (secondary N) is 2. The summed E-state index contributed by atoms with van der Waals surface area (Å²) < 4.78 is 10.6. The molecule has 1 fully saturated rings. The maximum absolute atomic E-state index is 12.3. The number of hydrogen-bond acceptors (Lipinski definition) is 8. The average molecular weight is 524 g/mol. The number of imide groups is 1. The Labute approximate surface area is 219 Å². The van der Waals surface area contributed by atoms with Gasteiger partial charge >= 0.3 is 6.16 Å². The topological polar surface area (TPSA) is 140 Å². The van der Waals surface area contributed by atoms with E-state index in [2.05, 4.69) is 10.6 Å². The normalized spacial score (nSPS) is 15.6. The molecule has 2 aromatic rings. The van der Waals surface area contributed by atoms with Gasteiger partial charge in [-0.15, -0.1) is 0 Å². The Hall–Kier alpha value is -4.25. The van der Waals surface area contributed by atoms with Crippen molar-refractivity contribution in [2.45, 2.75) is 45.4 Å². The quantitative estimate of drug-likeness (QED) is 0.273. The van der Waals surface area contributed by atoms with E-state index in [-0.39, 0.29) is 37.9 Å². The molecule has 11 heteroatoms. The van der Waals surface area contributed by atoms with Crippen LogP contribution in [0.25, 0.3) is 11.1 Å². The summed E-state index contributed by atoms with van der Waals surface area (Å²) >= 11 is 0. The largest absolute Gasteiger partial charge is 0.533 e. The minimum atomic E-state index is -1.18. The van der Waals surface area contributed by atoms with E-state index in [0.29, 0.717) is 29.5 Å². The monoisotopic (exact) mass is 523 g/mol. The van der Waals surface area contributed by atoms with Gasteiger partial charge in [0.2, 0.25) is 11.8 Å². The standard InChI is InChI=1S/C27H29N3O8/c1-3-11-36-15-24(32)29-17-6-8-19-18-7-5-16(28-23(31)4-2)12-20(18)22(21(19)13-17)14-37-27(35)38-30-25(33)9-10-26(30)34/h5-8,12-13,22H,3-4,9-11,14-15H2,1-2H3,(H,28,31)(H,29,32). The molecule has 1 aliphatic heterocycles. The third-order valence-corrected chi connectivity index (χ3v) is 6.15. The molecule has 2 aliphatic rings. The lowest BCUT2D eigenvalue weighted by molar-refractivity contribution is -0.177. The summed E-state index contributed by atoms with van der Waals surface area (Å²) in [6, 6.07) is 10.9. The number of carbonyl (C=O) groups excluding carboxylic acids is 5. The van der Waals surface area contributed by atoms with Crippen molar-refractivity contribution >= 4 is 41.2 Å². The maximum atomic E-state index is 12.3. The highest BCUT2D eigenvalue weighted by atomic mass is 16.8. The number of carbonyl (C=O) groups is 5. The molecule has 1 unspecified atom stereocenters. The molecule has 2 N–H and O–H groups in total. The van der Waals surface area contributed by atoms with Crippen LogP contribution in [0.1, 0.15) is 56.6 Å². The van der Waals surface area contributed by atoms with Crippen molar-refractivity contribution in [1.82, 2.24) is 5.06 Å². The van der Waals surface area contributed by atoms with Gasteiger partial charge in [0.25, 0.3) is 11.8 Å². The first-order valence-corrected chi connectivity index (χ1v) is 12.5. The molecule has 0 spiro atoms. The summed E-state index contributed by atoms with van der Waals surface area (Å²) in [4.78, 5) is 64.9. The first kappa shape index (κ1) is 26.8. The maximum Gasteiger partial charge on any atom is 0.533 e. The molecule has 1 atom stereocenters. The predicted molar refractivity (Wildman–Crippen MR) is 136 cm³/mol. The lowest BCUT2D eigenvalue weighted by atomic mass is 9.97. The number of hydrogen-bond donors (Lipinski definition) is 2. The summed E-state index contributed by atoms with van der Waals surface area (Å²) in [5, 5.41) is 6.06. The number of nitrogens with zero attached hydrogens (tertiary/aromatic N) is 1. The minimum Gasteiger partial charge on any atom is -0.432 e. The number of fused-ring (bicyclic) bond motifs is 3. The highest BCUT2D eigenvalue weighted by Crippen LogP contribution is 2.47. The molecule has 0 bridgehead atoms. The molecule has 0 radical (unpaired) electrons. The number of benzene rings is 2. The van der Waals surface area contributed by atoms with Crippen molar-refractivity contribution in [2.24, 2.45) is 0 Å². The Kier molecular flexibility index (Phi) is 8.37. The second-order valence-corrected chi connectivity index (χ2v) is 8.89. The van der Waals surface area contributed by atoms with Crippen LogP contribution in [0.4, 0.5) is 16.2 Å². The second kappa shape index (κ2) is 11.9. The third kappa shape index (κ3) is 6.00. The summed E-state index contributed by atoms with van der Waals surface area (Å²) in [6.45, 7) is 3.94. The Morgan fingerprint density at radius 1 is 0.895 bits per heavy atom. The van der Waals surface area contributed by atoms with Gasteiger partial charge in [0.05, 0.1) is 0 Å². The predicted octanol–water partition coefficient (Wildman–Crippen LogP) is 3.73. The van der Waals surface area contributed by atoms with E-state index in [1.54, 1.807) is 25.1 Å². The van der Waals surface area contributed by atoms with Crippen LogP contribution >= 0.6 is 0 Å². The molecular weight excluding hydrogens is 494 g/mol. The first-order valence-electron chi connectivity index (χ1n) is 12.5. The molecule has 1 aliphatic carbocycles. The van der Waals surface area contributed by atoms with E-state index in [9.17, 15) is 24.0 Å². The van der Waals surface area contributed by atoms with Gasteiger partial charge in [-0.05, 0) is 52.9 Å². The molecule has 11 nitrogen and oxygen atoms in total. The van der Waals surface area contributed by atoms with E-state index in [1.165, 1.54) is 0 Å². The second-order valence-electron chi connectivity index (χ2n) is 8.89. The lowest BCUT2D eigenvalue weighted by Gasteiger charge is -2.17. The van der Waals surface area contributed by atoms with Crippen LogP contribution in [-0.2, 0) is 33.5 Å². The molecular formula is C27H29N3O8. The zero-order chi connectivity index (χ0) is 27.2. The highest BCUT2D eigenvalue weighted by Gasteiger charge is 2.35. The summed E-state index contributed by atoms with van der Waals surface area (Å²) in [5.41, 5.74) is 4.47. The molecule has 0 saturated carbocycles. The fraction of sp³-hybridized carbons (Fsp3) is 0.370. The zero-order valence-electron chi connectivity index (χ0n) is 21.2. The van der Waals surface area contributed by atoms with Crippen molar-refractivity contribution < 1.29 is 38.3 Å². The van der Waals surface area contributed by atoms with Gasteiger partial charge in [0, 0.05) is 43.2 Å². The van der Waals surface area contributed by atoms with Crippen molar-refractivity contribution in [3.63, 3.8) is 0 Å². The van der Waals surface area contributed by atoms with Crippen molar-refractivity contribution in [1.29, 1.82) is 0 Å². The third-order valence-electron chi connectivity index (χ3n) is 6.15. The van der Waals surface area contributed by atoms with E-state index in [0.717, 1.165) is 28.7 Å². The van der Waals surface area contributed by atoms with Crippen LogP contribution in [0.3, 0.4) is 0 Å². The van der Waals surface area contributed by atoms with Crippen molar-refractivity contribution in [3.8, 4) is 11.1 Å².